The standard InChI is InChI=1S/C16H23NO/c1-10-4-12(3)15(5-11(10)2)16(8-18-9-16)13-6-14(17)7-13/h4-5,13-14H,6-9,17H2,1-3H3. The molecule has 1 heterocycles. The monoisotopic (exact) mass is 245 g/mol. The van der Waals surface area contributed by atoms with Crippen LogP contribution >= 0.6 is 0 Å². The molecule has 3 rings (SSSR count). The topological polar surface area (TPSA) is 35.2 Å². The first-order chi connectivity index (χ1) is 8.53. The van der Waals surface area contributed by atoms with E-state index in [9.17, 15) is 0 Å². The molecular formula is C16H23NO. The first-order valence-electron chi connectivity index (χ1n) is 6.94. The fourth-order valence-corrected chi connectivity index (χ4v) is 3.54. The number of rotatable bonds is 2. The zero-order valence-electron chi connectivity index (χ0n) is 11.6. The maximum absolute atomic E-state index is 5.97. The Kier molecular flexibility index (Phi) is 2.76. The normalized spacial score (nSPS) is 29.6. The summed E-state index contributed by atoms with van der Waals surface area (Å²) in [7, 11) is 0. The first-order valence-corrected chi connectivity index (χ1v) is 6.94. The van der Waals surface area contributed by atoms with E-state index in [1.807, 2.05) is 0 Å². The highest BCUT2D eigenvalue weighted by atomic mass is 16.5. The van der Waals surface area contributed by atoms with E-state index in [0.717, 1.165) is 32.0 Å². The van der Waals surface area contributed by atoms with Crippen LogP contribution in [0.15, 0.2) is 12.1 Å². The number of hydrogen-bond donors (Lipinski definition) is 1. The molecule has 1 saturated heterocycles. The Morgan fingerprint density at radius 2 is 1.67 bits per heavy atom. The van der Waals surface area contributed by atoms with Crippen molar-refractivity contribution < 1.29 is 4.74 Å². The molecule has 1 aromatic rings. The van der Waals surface area contributed by atoms with E-state index >= 15 is 0 Å². The SMILES string of the molecule is Cc1cc(C)c(C2(C3CC(N)C3)COC2)cc1C. The lowest BCUT2D eigenvalue weighted by Crippen LogP contribution is -2.58. The van der Waals surface area contributed by atoms with E-state index in [1.165, 1.54) is 22.3 Å². The Labute approximate surface area is 110 Å². The van der Waals surface area contributed by atoms with Gasteiger partial charge in [-0.15, -0.1) is 0 Å². The van der Waals surface area contributed by atoms with Crippen LogP contribution in [0.4, 0.5) is 0 Å². The second kappa shape index (κ2) is 4.07. The highest BCUT2D eigenvalue weighted by molar-refractivity contribution is 5.43. The second-order valence-corrected chi connectivity index (χ2v) is 6.33. The Balaban J connectivity index is 1.99. The van der Waals surface area contributed by atoms with Gasteiger partial charge in [-0.1, -0.05) is 12.1 Å². The average molecular weight is 245 g/mol. The fourth-order valence-electron chi connectivity index (χ4n) is 3.54. The quantitative estimate of drug-likeness (QED) is 0.869. The summed E-state index contributed by atoms with van der Waals surface area (Å²) in [6, 6.07) is 5.12. The molecule has 2 fully saturated rings. The molecule has 0 bridgehead atoms. The lowest BCUT2D eigenvalue weighted by Gasteiger charge is -2.53. The Hall–Kier alpha value is -0.860. The largest absolute Gasteiger partial charge is 0.379 e. The van der Waals surface area contributed by atoms with E-state index in [2.05, 4.69) is 32.9 Å². The lowest BCUT2D eigenvalue weighted by atomic mass is 9.58. The highest BCUT2D eigenvalue weighted by Crippen LogP contribution is 2.49. The van der Waals surface area contributed by atoms with Crippen molar-refractivity contribution in [3.05, 3.63) is 34.4 Å². The summed E-state index contributed by atoms with van der Waals surface area (Å²) in [5, 5.41) is 0. The van der Waals surface area contributed by atoms with Crippen molar-refractivity contribution in [1.29, 1.82) is 0 Å². The molecule has 2 heteroatoms. The molecule has 0 unspecified atom stereocenters. The van der Waals surface area contributed by atoms with Gasteiger partial charge < -0.3 is 10.5 Å². The minimum absolute atomic E-state index is 0.262. The number of ether oxygens (including phenoxy) is 1. The molecular weight excluding hydrogens is 222 g/mol. The van der Waals surface area contributed by atoms with Crippen LogP contribution < -0.4 is 5.73 Å². The van der Waals surface area contributed by atoms with Crippen molar-refractivity contribution >= 4 is 0 Å². The maximum atomic E-state index is 5.97. The Morgan fingerprint density at radius 1 is 1.06 bits per heavy atom. The van der Waals surface area contributed by atoms with Gasteiger partial charge in [-0.3, -0.25) is 0 Å². The Bertz CT molecular complexity index is 470. The van der Waals surface area contributed by atoms with Crippen LogP contribution in [0.5, 0.6) is 0 Å². The van der Waals surface area contributed by atoms with E-state index in [-0.39, 0.29) is 5.41 Å². The van der Waals surface area contributed by atoms with Crippen LogP contribution in [0.2, 0.25) is 0 Å². The Morgan fingerprint density at radius 3 is 2.17 bits per heavy atom. The zero-order chi connectivity index (χ0) is 12.9. The first kappa shape index (κ1) is 12.2. The summed E-state index contributed by atoms with van der Waals surface area (Å²) >= 11 is 0. The summed E-state index contributed by atoms with van der Waals surface area (Å²) in [6.07, 6.45) is 2.32. The summed E-state index contributed by atoms with van der Waals surface area (Å²) in [4.78, 5) is 0. The molecule has 0 atom stereocenters. The third kappa shape index (κ3) is 1.63. The van der Waals surface area contributed by atoms with Crippen molar-refractivity contribution in [2.45, 2.75) is 45.1 Å². The number of benzene rings is 1. The molecule has 18 heavy (non-hydrogen) atoms. The maximum Gasteiger partial charge on any atom is 0.0588 e. The third-order valence-corrected chi connectivity index (χ3v) is 5.05. The van der Waals surface area contributed by atoms with Crippen LogP contribution in [-0.4, -0.2) is 19.3 Å². The number of hydrogen-bond acceptors (Lipinski definition) is 2. The fraction of sp³-hybridized carbons (Fsp3) is 0.625. The molecule has 1 aliphatic carbocycles. The smallest absolute Gasteiger partial charge is 0.0588 e. The molecule has 1 aliphatic heterocycles. The number of nitrogens with two attached hydrogens (primary N) is 1. The van der Waals surface area contributed by atoms with Crippen molar-refractivity contribution in [1.82, 2.24) is 0 Å². The van der Waals surface area contributed by atoms with Crippen molar-refractivity contribution in [2.24, 2.45) is 11.7 Å². The predicted molar refractivity (Wildman–Crippen MR) is 73.8 cm³/mol. The van der Waals surface area contributed by atoms with Gasteiger partial charge in [-0.2, -0.15) is 0 Å². The molecule has 2 N–H and O–H groups in total. The second-order valence-electron chi connectivity index (χ2n) is 6.33. The van der Waals surface area contributed by atoms with E-state index in [1.54, 1.807) is 0 Å². The minimum atomic E-state index is 0.262. The number of aryl methyl sites for hydroxylation is 3. The van der Waals surface area contributed by atoms with Gasteiger partial charge in [0.15, 0.2) is 0 Å². The van der Waals surface area contributed by atoms with Crippen LogP contribution in [-0.2, 0) is 10.2 Å². The van der Waals surface area contributed by atoms with Crippen LogP contribution in [0.1, 0.15) is 35.1 Å². The van der Waals surface area contributed by atoms with Gasteiger partial charge in [0.25, 0.3) is 0 Å². The van der Waals surface area contributed by atoms with Crippen molar-refractivity contribution in [2.75, 3.05) is 13.2 Å². The predicted octanol–water partition coefficient (Wildman–Crippen LogP) is 2.62. The van der Waals surface area contributed by atoms with Gasteiger partial charge in [0.2, 0.25) is 0 Å². The van der Waals surface area contributed by atoms with Gasteiger partial charge in [0.1, 0.15) is 0 Å². The molecule has 2 aliphatic rings. The van der Waals surface area contributed by atoms with Crippen LogP contribution in [0, 0.1) is 26.7 Å². The van der Waals surface area contributed by atoms with Gasteiger partial charge in [-0.05, 0) is 61.8 Å². The average Bonchev–Trinajstić information content (AvgIpc) is 2.21. The van der Waals surface area contributed by atoms with Crippen LogP contribution in [0.25, 0.3) is 0 Å². The van der Waals surface area contributed by atoms with E-state index in [4.69, 9.17) is 10.5 Å². The summed E-state index contributed by atoms with van der Waals surface area (Å²) in [5.74, 6) is 0.724. The van der Waals surface area contributed by atoms with E-state index < -0.39 is 0 Å². The van der Waals surface area contributed by atoms with Crippen LogP contribution in [0.3, 0.4) is 0 Å². The minimum Gasteiger partial charge on any atom is -0.379 e. The van der Waals surface area contributed by atoms with Crippen molar-refractivity contribution in [3.63, 3.8) is 0 Å². The molecule has 0 aromatic heterocycles. The molecule has 0 spiro atoms. The molecule has 0 amide bonds. The van der Waals surface area contributed by atoms with E-state index in [0.29, 0.717) is 6.04 Å². The lowest BCUT2D eigenvalue weighted by molar-refractivity contribution is -0.111. The highest BCUT2D eigenvalue weighted by Gasteiger charge is 2.51. The summed E-state index contributed by atoms with van der Waals surface area (Å²) in [6.45, 7) is 8.40. The molecule has 2 nitrogen and oxygen atoms in total. The molecule has 0 radical (unpaired) electrons. The van der Waals surface area contributed by atoms with Gasteiger partial charge >= 0.3 is 0 Å². The van der Waals surface area contributed by atoms with Gasteiger partial charge in [0, 0.05) is 11.5 Å². The molecule has 1 aromatic carbocycles. The summed E-state index contributed by atoms with van der Waals surface area (Å²) < 4.78 is 5.57. The zero-order valence-corrected chi connectivity index (χ0v) is 11.6. The van der Waals surface area contributed by atoms with Crippen molar-refractivity contribution in [3.8, 4) is 0 Å². The molecule has 1 saturated carbocycles. The summed E-state index contributed by atoms with van der Waals surface area (Å²) in [5.41, 5.74) is 11.9. The van der Waals surface area contributed by atoms with Gasteiger partial charge in [0.05, 0.1) is 13.2 Å². The molecule has 98 valence electrons. The van der Waals surface area contributed by atoms with Gasteiger partial charge in [-0.25, -0.2) is 0 Å². The third-order valence-electron chi connectivity index (χ3n) is 5.05.